The zero-order valence-corrected chi connectivity index (χ0v) is 7.39. The predicted molar refractivity (Wildman–Crippen MR) is 46.5 cm³/mol. The van der Waals surface area contributed by atoms with E-state index in [1.165, 1.54) is 0 Å². The Labute approximate surface area is 67.5 Å². The average molecular weight is 159 g/mol. The first kappa shape index (κ1) is 10.2. The second-order valence-electron chi connectivity index (χ2n) is 3.03. The molecule has 0 aromatic rings. The second-order valence-corrected chi connectivity index (χ2v) is 3.03. The quantitative estimate of drug-likeness (QED) is 0.390. The molecule has 0 aliphatic rings. The number of aliphatic imine (C=N–C) groups is 1. The van der Waals surface area contributed by atoms with E-state index in [4.69, 9.17) is 10.8 Å². The molecule has 0 bridgehead atoms. The van der Waals surface area contributed by atoms with Crippen molar-refractivity contribution < 1.29 is 5.11 Å². The maximum atomic E-state index is 8.84. The fourth-order valence-corrected chi connectivity index (χ4v) is 0.596. The van der Waals surface area contributed by atoms with Crippen LogP contribution < -0.4 is 11.1 Å². The van der Waals surface area contributed by atoms with Crippen LogP contribution in [-0.2, 0) is 0 Å². The molecule has 4 nitrogen and oxygen atoms in total. The molecule has 0 heterocycles. The number of nitrogens with one attached hydrogen (secondary N) is 1. The van der Waals surface area contributed by atoms with E-state index in [1.807, 2.05) is 20.8 Å². The lowest BCUT2D eigenvalue weighted by molar-refractivity contribution is 0.206. The molecule has 0 amide bonds. The number of hydrogen-bond donors (Lipinski definition) is 3. The van der Waals surface area contributed by atoms with Gasteiger partial charge in [-0.1, -0.05) is 0 Å². The molecular formula is C7H17N3O. The molecule has 0 saturated heterocycles. The lowest BCUT2D eigenvalue weighted by atomic mass is 10.1. The number of hydrogen-bond acceptors (Lipinski definition) is 2. The van der Waals surface area contributed by atoms with Crippen LogP contribution >= 0.6 is 0 Å². The number of aliphatic hydroxyl groups is 1. The number of nitrogens with two attached hydrogens (primary N) is 1. The summed E-state index contributed by atoms with van der Waals surface area (Å²) in [5.74, 6) is 0.381. The largest absolute Gasteiger partial charge is 0.394 e. The molecule has 0 atom stereocenters. The third kappa shape index (κ3) is 4.61. The zero-order valence-electron chi connectivity index (χ0n) is 7.39. The van der Waals surface area contributed by atoms with Crippen molar-refractivity contribution in [3.63, 3.8) is 0 Å². The summed E-state index contributed by atoms with van der Waals surface area (Å²) in [7, 11) is 0. The van der Waals surface area contributed by atoms with E-state index in [0.29, 0.717) is 12.5 Å². The van der Waals surface area contributed by atoms with Gasteiger partial charge in [0.2, 0.25) is 0 Å². The van der Waals surface area contributed by atoms with Crippen molar-refractivity contribution >= 4 is 5.96 Å². The fraction of sp³-hybridized carbons (Fsp3) is 0.857. The minimum Gasteiger partial charge on any atom is -0.394 e. The highest BCUT2D eigenvalue weighted by Gasteiger charge is 2.15. The normalized spacial score (nSPS) is 13.3. The maximum Gasteiger partial charge on any atom is 0.189 e. The molecule has 0 radical (unpaired) electrons. The van der Waals surface area contributed by atoms with E-state index in [0.717, 1.165) is 0 Å². The molecule has 0 aromatic carbocycles. The van der Waals surface area contributed by atoms with E-state index in [2.05, 4.69) is 10.3 Å². The van der Waals surface area contributed by atoms with Crippen LogP contribution in [0.3, 0.4) is 0 Å². The van der Waals surface area contributed by atoms with Gasteiger partial charge >= 0.3 is 0 Å². The first-order valence-electron chi connectivity index (χ1n) is 3.71. The Balaban J connectivity index is 3.92. The van der Waals surface area contributed by atoms with Gasteiger partial charge < -0.3 is 16.2 Å². The van der Waals surface area contributed by atoms with Crippen LogP contribution in [0, 0.1) is 0 Å². The second kappa shape index (κ2) is 4.18. The summed E-state index contributed by atoms with van der Waals surface area (Å²) >= 11 is 0. The van der Waals surface area contributed by atoms with Crippen molar-refractivity contribution in [3.05, 3.63) is 0 Å². The van der Waals surface area contributed by atoms with E-state index in [-0.39, 0.29) is 12.1 Å². The standard InChI is InChI=1S/C7H17N3O/c1-4-9-6(8)10-7(2,3)5-11/h11H,4-5H2,1-3H3,(H3,8,9,10). The van der Waals surface area contributed by atoms with Gasteiger partial charge in [0.05, 0.1) is 12.1 Å². The van der Waals surface area contributed by atoms with E-state index in [9.17, 15) is 0 Å². The summed E-state index contributed by atoms with van der Waals surface area (Å²) in [5.41, 5.74) is 5.09. The van der Waals surface area contributed by atoms with Crippen molar-refractivity contribution in [3.8, 4) is 0 Å². The Kier molecular flexibility index (Phi) is 3.89. The molecule has 0 fully saturated rings. The van der Waals surface area contributed by atoms with Crippen molar-refractivity contribution in [1.82, 2.24) is 5.32 Å². The molecule has 66 valence electrons. The molecule has 0 aromatic heterocycles. The molecule has 0 unspecified atom stereocenters. The molecule has 4 N–H and O–H groups in total. The van der Waals surface area contributed by atoms with Crippen molar-refractivity contribution in [2.24, 2.45) is 10.7 Å². The Hall–Kier alpha value is -0.770. The summed E-state index contributed by atoms with van der Waals surface area (Å²) in [6.45, 7) is 6.30. The minimum absolute atomic E-state index is 0.0347. The van der Waals surface area contributed by atoms with Gasteiger partial charge in [0.15, 0.2) is 5.96 Å². The van der Waals surface area contributed by atoms with Gasteiger partial charge in [-0.2, -0.15) is 0 Å². The zero-order chi connectivity index (χ0) is 8.91. The topological polar surface area (TPSA) is 70.6 Å². The van der Waals surface area contributed by atoms with Gasteiger partial charge in [0.1, 0.15) is 0 Å². The van der Waals surface area contributed by atoms with E-state index >= 15 is 0 Å². The predicted octanol–water partition coefficient (Wildman–Crippen LogP) is -0.318. The highest BCUT2D eigenvalue weighted by molar-refractivity contribution is 5.78. The van der Waals surface area contributed by atoms with Crippen LogP contribution in [-0.4, -0.2) is 29.8 Å². The van der Waals surface area contributed by atoms with Crippen molar-refractivity contribution in [2.75, 3.05) is 13.2 Å². The third-order valence-electron chi connectivity index (χ3n) is 1.19. The number of guanidine groups is 1. The monoisotopic (exact) mass is 159 g/mol. The van der Waals surface area contributed by atoms with Crippen LogP contribution in [0.25, 0.3) is 0 Å². The molecule has 0 aliphatic carbocycles. The number of rotatable bonds is 3. The SMILES string of the molecule is CCN=C(N)NC(C)(C)CO. The lowest BCUT2D eigenvalue weighted by Crippen LogP contribution is -2.49. The number of nitrogens with zero attached hydrogens (tertiary/aromatic N) is 1. The van der Waals surface area contributed by atoms with Crippen LogP contribution in [0.4, 0.5) is 0 Å². The van der Waals surface area contributed by atoms with Gasteiger partial charge in [-0.05, 0) is 20.8 Å². The van der Waals surface area contributed by atoms with E-state index < -0.39 is 0 Å². The van der Waals surface area contributed by atoms with Gasteiger partial charge in [0, 0.05) is 6.54 Å². The summed E-state index contributed by atoms with van der Waals surface area (Å²) in [6.07, 6.45) is 0. The Morgan fingerprint density at radius 3 is 2.55 bits per heavy atom. The van der Waals surface area contributed by atoms with E-state index in [1.54, 1.807) is 0 Å². The maximum absolute atomic E-state index is 8.84. The summed E-state index contributed by atoms with van der Waals surface area (Å²) in [4.78, 5) is 3.93. The summed E-state index contributed by atoms with van der Waals surface area (Å²) < 4.78 is 0. The highest BCUT2D eigenvalue weighted by atomic mass is 16.3. The van der Waals surface area contributed by atoms with Gasteiger partial charge in [-0.3, -0.25) is 4.99 Å². The first-order chi connectivity index (χ1) is 5.02. The fourth-order valence-electron chi connectivity index (χ4n) is 0.596. The molecular weight excluding hydrogens is 142 g/mol. The Bertz CT molecular complexity index is 143. The molecule has 11 heavy (non-hydrogen) atoms. The molecule has 0 aliphatic heterocycles. The van der Waals surface area contributed by atoms with Gasteiger partial charge in [-0.15, -0.1) is 0 Å². The summed E-state index contributed by atoms with van der Waals surface area (Å²) in [5, 5.41) is 11.7. The third-order valence-corrected chi connectivity index (χ3v) is 1.19. The minimum atomic E-state index is -0.386. The van der Waals surface area contributed by atoms with Gasteiger partial charge in [-0.25, -0.2) is 0 Å². The Morgan fingerprint density at radius 2 is 2.18 bits per heavy atom. The molecule has 0 saturated carbocycles. The van der Waals surface area contributed by atoms with Crippen molar-refractivity contribution in [1.29, 1.82) is 0 Å². The van der Waals surface area contributed by atoms with Crippen LogP contribution in [0.2, 0.25) is 0 Å². The highest BCUT2D eigenvalue weighted by Crippen LogP contribution is 1.97. The van der Waals surface area contributed by atoms with Crippen LogP contribution in [0.5, 0.6) is 0 Å². The molecule has 0 rings (SSSR count). The van der Waals surface area contributed by atoms with Crippen LogP contribution in [0.15, 0.2) is 4.99 Å². The number of aliphatic hydroxyl groups excluding tert-OH is 1. The Morgan fingerprint density at radius 1 is 1.64 bits per heavy atom. The van der Waals surface area contributed by atoms with Crippen LogP contribution in [0.1, 0.15) is 20.8 Å². The van der Waals surface area contributed by atoms with Gasteiger partial charge in [0.25, 0.3) is 0 Å². The lowest BCUT2D eigenvalue weighted by Gasteiger charge is -2.23. The first-order valence-corrected chi connectivity index (χ1v) is 3.71. The molecule has 4 heteroatoms. The molecule has 0 spiro atoms. The summed E-state index contributed by atoms with van der Waals surface area (Å²) in [6, 6.07) is 0. The average Bonchev–Trinajstić information content (AvgIpc) is 1.87. The smallest absolute Gasteiger partial charge is 0.189 e. The van der Waals surface area contributed by atoms with Crippen molar-refractivity contribution in [2.45, 2.75) is 26.3 Å².